The summed E-state index contributed by atoms with van der Waals surface area (Å²) in [7, 11) is 1.15. The Hall–Kier alpha value is -1.76. The van der Waals surface area contributed by atoms with Crippen molar-refractivity contribution in [1.29, 1.82) is 0 Å². The summed E-state index contributed by atoms with van der Waals surface area (Å²) < 4.78 is 4.52. The molecule has 130 valence electrons. The number of ether oxygens (including phenoxy) is 1. The van der Waals surface area contributed by atoms with E-state index in [1.54, 1.807) is 6.92 Å². The molecule has 0 radical (unpaired) electrons. The van der Waals surface area contributed by atoms with Crippen molar-refractivity contribution in [2.24, 2.45) is 0 Å². The van der Waals surface area contributed by atoms with E-state index in [0.717, 1.165) is 13.3 Å². The molecule has 0 spiro atoms. The molecule has 0 saturated heterocycles. The Kier molecular flexibility index (Phi) is 7.54. The maximum absolute atomic E-state index is 12.1. The van der Waals surface area contributed by atoms with Crippen LogP contribution in [-0.2, 0) is 14.3 Å². The number of benzene rings is 1. The van der Waals surface area contributed by atoms with E-state index in [-0.39, 0.29) is 31.9 Å². The molecule has 0 fully saturated rings. The average molecular weight is 394 g/mol. The molecule has 0 bridgehead atoms. The van der Waals surface area contributed by atoms with Crippen LogP contribution in [0.3, 0.4) is 0 Å². The van der Waals surface area contributed by atoms with E-state index in [4.69, 9.17) is 34.8 Å². The highest BCUT2D eigenvalue weighted by atomic mass is 35.5. The number of hydrogen-bond donors (Lipinski definition) is 2. The number of anilines is 1. The standard InChI is InChI=1S/C15H15Cl3N2O4/c1-4-19-14(22)11-12(17)9(16)5-10(13(11)18)20-6-8(7(2)21)15(23)24-3/h5-6,20H,4H2,1-3H3,(H,19,22). The molecule has 2 N–H and O–H groups in total. The summed E-state index contributed by atoms with van der Waals surface area (Å²) in [5, 5.41) is 5.33. The van der Waals surface area contributed by atoms with Gasteiger partial charge in [-0.15, -0.1) is 0 Å². The fourth-order valence-electron chi connectivity index (χ4n) is 1.72. The smallest absolute Gasteiger partial charge is 0.342 e. The second kappa shape index (κ2) is 8.92. The molecule has 0 unspecified atom stereocenters. The number of amides is 1. The van der Waals surface area contributed by atoms with E-state index in [1.165, 1.54) is 13.0 Å². The molecule has 0 aromatic heterocycles. The van der Waals surface area contributed by atoms with E-state index in [2.05, 4.69) is 15.4 Å². The van der Waals surface area contributed by atoms with Gasteiger partial charge in [-0.3, -0.25) is 9.59 Å². The zero-order valence-electron chi connectivity index (χ0n) is 13.1. The van der Waals surface area contributed by atoms with Crippen molar-refractivity contribution in [2.45, 2.75) is 13.8 Å². The SMILES string of the molecule is CCNC(=O)c1c(Cl)c(Cl)cc(NC=C(C(C)=O)C(=O)OC)c1Cl. The number of methoxy groups -OCH3 is 1. The Morgan fingerprint density at radius 1 is 1.21 bits per heavy atom. The number of carbonyl (C=O) groups is 3. The first-order valence-electron chi connectivity index (χ1n) is 6.76. The maximum Gasteiger partial charge on any atom is 0.342 e. The Balaban J connectivity index is 3.33. The second-order valence-corrected chi connectivity index (χ2v) is 5.68. The molecular formula is C15H15Cl3N2O4. The Morgan fingerprint density at radius 3 is 2.33 bits per heavy atom. The summed E-state index contributed by atoms with van der Waals surface area (Å²) in [6.45, 7) is 3.32. The number of esters is 1. The number of Topliss-reactive ketones (excluding diaryl/α,β-unsaturated/α-hetero) is 1. The van der Waals surface area contributed by atoms with Gasteiger partial charge in [-0.25, -0.2) is 4.79 Å². The minimum atomic E-state index is -0.810. The first-order valence-corrected chi connectivity index (χ1v) is 7.89. The maximum atomic E-state index is 12.1. The van der Waals surface area contributed by atoms with Crippen molar-refractivity contribution in [3.05, 3.63) is 38.5 Å². The predicted molar refractivity (Wildman–Crippen MR) is 93.9 cm³/mol. The number of nitrogens with one attached hydrogen (secondary N) is 2. The van der Waals surface area contributed by atoms with E-state index in [1.807, 2.05) is 0 Å². The van der Waals surface area contributed by atoms with Gasteiger partial charge in [0, 0.05) is 12.7 Å². The van der Waals surface area contributed by atoms with Gasteiger partial charge in [0.05, 0.1) is 33.4 Å². The van der Waals surface area contributed by atoms with Gasteiger partial charge in [0.25, 0.3) is 5.91 Å². The topological polar surface area (TPSA) is 84.5 Å². The summed E-state index contributed by atoms with van der Waals surface area (Å²) in [6.07, 6.45) is 1.13. The first-order chi connectivity index (χ1) is 11.2. The Labute approximate surface area is 154 Å². The van der Waals surface area contributed by atoms with Crippen LogP contribution < -0.4 is 10.6 Å². The molecule has 0 aliphatic carbocycles. The lowest BCUT2D eigenvalue weighted by Crippen LogP contribution is -2.23. The van der Waals surface area contributed by atoms with Gasteiger partial charge in [0.1, 0.15) is 5.57 Å². The lowest BCUT2D eigenvalue weighted by Gasteiger charge is -2.13. The molecule has 24 heavy (non-hydrogen) atoms. The van der Waals surface area contributed by atoms with Crippen LogP contribution >= 0.6 is 34.8 Å². The molecule has 0 saturated carbocycles. The molecule has 0 aliphatic heterocycles. The van der Waals surface area contributed by atoms with Gasteiger partial charge in [0.2, 0.25) is 0 Å². The summed E-state index contributed by atoms with van der Waals surface area (Å²) >= 11 is 18.2. The monoisotopic (exact) mass is 392 g/mol. The van der Waals surface area contributed by atoms with Crippen LogP contribution in [0.4, 0.5) is 5.69 Å². The zero-order valence-corrected chi connectivity index (χ0v) is 15.4. The van der Waals surface area contributed by atoms with Crippen LogP contribution in [0.2, 0.25) is 15.1 Å². The van der Waals surface area contributed by atoms with Crippen LogP contribution in [0.25, 0.3) is 0 Å². The Bertz CT molecular complexity index is 717. The molecule has 1 rings (SSSR count). The molecule has 1 aromatic rings. The minimum Gasteiger partial charge on any atom is -0.465 e. The van der Waals surface area contributed by atoms with E-state index in [9.17, 15) is 14.4 Å². The van der Waals surface area contributed by atoms with Crippen molar-refractivity contribution in [3.8, 4) is 0 Å². The number of halogens is 3. The molecule has 0 heterocycles. The minimum absolute atomic E-state index is 0.000585. The number of rotatable bonds is 6. The van der Waals surface area contributed by atoms with Crippen LogP contribution in [-0.4, -0.2) is 31.3 Å². The summed E-state index contributed by atoms with van der Waals surface area (Å²) in [5.74, 6) is -1.81. The fourth-order valence-corrected chi connectivity index (χ4v) is 2.50. The number of hydrogen-bond acceptors (Lipinski definition) is 5. The molecule has 0 aliphatic rings. The number of ketones is 1. The van der Waals surface area contributed by atoms with Crippen molar-refractivity contribution < 1.29 is 19.1 Å². The number of carbonyl (C=O) groups excluding carboxylic acids is 3. The largest absolute Gasteiger partial charge is 0.465 e. The third-order valence-electron chi connectivity index (χ3n) is 2.88. The van der Waals surface area contributed by atoms with Crippen molar-refractivity contribution >= 4 is 58.1 Å². The van der Waals surface area contributed by atoms with Crippen molar-refractivity contribution in [3.63, 3.8) is 0 Å². The predicted octanol–water partition coefficient (Wildman–Crippen LogP) is 3.45. The van der Waals surface area contributed by atoms with Crippen molar-refractivity contribution in [2.75, 3.05) is 19.0 Å². The molecule has 6 nitrogen and oxygen atoms in total. The van der Waals surface area contributed by atoms with E-state index >= 15 is 0 Å². The third kappa shape index (κ3) is 4.63. The first kappa shape index (κ1) is 20.3. The summed E-state index contributed by atoms with van der Waals surface area (Å²) in [4.78, 5) is 35.1. The van der Waals surface area contributed by atoms with Gasteiger partial charge in [-0.2, -0.15) is 0 Å². The van der Waals surface area contributed by atoms with Gasteiger partial charge in [-0.1, -0.05) is 34.8 Å². The third-order valence-corrected chi connectivity index (χ3v) is 4.06. The highest BCUT2D eigenvalue weighted by Gasteiger charge is 2.21. The normalized spacial score (nSPS) is 11.0. The zero-order chi connectivity index (χ0) is 18.4. The summed E-state index contributed by atoms with van der Waals surface area (Å²) in [5.41, 5.74) is -0.0276. The van der Waals surface area contributed by atoms with Crippen LogP contribution in [0.1, 0.15) is 24.2 Å². The van der Waals surface area contributed by atoms with Gasteiger partial charge >= 0.3 is 5.97 Å². The second-order valence-electron chi connectivity index (χ2n) is 4.52. The van der Waals surface area contributed by atoms with Gasteiger partial charge < -0.3 is 15.4 Å². The van der Waals surface area contributed by atoms with E-state index < -0.39 is 17.7 Å². The molecule has 1 aromatic carbocycles. The van der Waals surface area contributed by atoms with Crippen LogP contribution in [0, 0.1) is 0 Å². The van der Waals surface area contributed by atoms with Crippen LogP contribution in [0.5, 0.6) is 0 Å². The molecule has 9 heteroatoms. The van der Waals surface area contributed by atoms with E-state index in [0.29, 0.717) is 6.54 Å². The quantitative estimate of drug-likeness (QED) is 0.254. The van der Waals surface area contributed by atoms with Crippen LogP contribution in [0.15, 0.2) is 17.8 Å². The van der Waals surface area contributed by atoms with Gasteiger partial charge in [0.15, 0.2) is 5.78 Å². The highest BCUT2D eigenvalue weighted by Crippen LogP contribution is 2.37. The highest BCUT2D eigenvalue weighted by molar-refractivity contribution is 6.47. The molecule has 0 atom stereocenters. The lowest BCUT2D eigenvalue weighted by molar-refractivity contribution is -0.137. The van der Waals surface area contributed by atoms with Crippen molar-refractivity contribution in [1.82, 2.24) is 5.32 Å². The van der Waals surface area contributed by atoms with Gasteiger partial charge in [-0.05, 0) is 19.9 Å². The molecule has 1 amide bonds. The Morgan fingerprint density at radius 2 is 1.83 bits per heavy atom. The molecular weight excluding hydrogens is 379 g/mol. The fraction of sp³-hybridized carbons (Fsp3) is 0.267. The summed E-state index contributed by atoms with van der Waals surface area (Å²) in [6, 6.07) is 1.38. The lowest BCUT2D eigenvalue weighted by atomic mass is 10.1. The average Bonchev–Trinajstić information content (AvgIpc) is 2.52.